The molecule has 0 aromatic carbocycles. The van der Waals surface area contributed by atoms with Gasteiger partial charge in [-0.25, -0.2) is 0 Å². The lowest BCUT2D eigenvalue weighted by Gasteiger charge is -2.13. The Bertz CT molecular complexity index is 478. The molecule has 2 aromatic heterocycles. The van der Waals surface area contributed by atoms with Crippen LogP contribution in [-0.4, -0.2) is 16.8 Å². The molecule has 0 aliphatic carbocycles. The molecule has 2 rings (SSSR count). The molecule has 1 atom stereocenters. The van der Waals surface area contributed by atoms with Crippen LogP contribution in [0.25, 0.3) is 0 Å². The van der Waals surface area contributed by atoms with E-state index in [4.69, 9.17) is 4.42 Å². The number of halogens is 1. The summed E-state index contributed by atoms with van der Waals surface area (Å²) >= 11 is 3.32. The first-order valence-corrected chi connectivity index (χ1v) is 6.39. The minimum absolute atomic E-state index is 0.233. The van der Waals surface area contributed by atoms with Gasteiger partial charge in [-0.05, 0) is 54.0 Å². The Labute approximate surface area is 109 Å². The van der Waals surface area contributed by atoms with Crippen molar-refractivity contribution < 1.29 is 4.42 Å². The van der Waals surface area contributed by atoms with Crippen molar-refractivity contribution in [1.82, 2.24) is 15.1 Å². The number of nitrogens with zero attached hydrogens (tertiary/aromatic N) is 2. The summed E-state index contributed by atoms with van der Waals surface area (Å²) in [5.41, 5.74) is 1.23. The van der Waals surface area contributed by atoms with Gasteiger partial charge in [-0.2, -0.15) is 5.10 Å². The lowest BCUT2D eigenvalue weighted by atomic mass is 10.1. The fraction of sp³-hybridized carbons (Fsp3) is 0.417. The van der Waals surface area contributed by atoms with Gasteiger partial charge in [0.25, 0.3) is 0 Å². The van der Waals surface area contributed by atoms with Crippen molar-refractivity contribution in [2.45, 2.75) is 18.9 Å². The van der Waals surface area contributed by atoms with Crippen LogP contribution in [0, 0.1) is 0 Å². The first-order chi connectivity index (χ1) is 8.20. The monoisotopic (exact) mass is 297 g/mol. The zero-order valence-corrected chi connectivity index (χ0v) is 11.6. The van der Waals surface area contributed by atoms with Crippen LogP contribution in [0.4, 0.5) is 0 Å². The Morgan fingerprint density at radius 2 is 2.29 bits per heavy atom. The van der Waals surface area contributed by atoms with Crippen molar-refractivity contribution in [2.24, 2.45) is 7.05 Å². The summed E-state index contributed by atoms with van der Waals surface area (Å²) in [7, 11) is 3.91. The largest absolute Gasteiger partial charge is 0.453 e. The van der Waals surface area contributed by atoms with E-state index in [1.807, 2.05) is 43.2 Å². The van der Waals surface area contributed by atoms with Crippen LogP contribution in [0.1, 0.15) is 23.9 Å². The van der Waals surface area contributed by atoms with Gasteiger partial charge in [0.15, 0.2) is 4.67 Å². The fourth-order valence-corrected chi connectivity index (χ4v) is 2.20. The average molecular weight is 298 g/mol. The SMILES string of the molecule is CNC(CCc1ccnn1C)c1ccc(Br)o1. The van der Waals surface area contributed by atoms with Crippen molar-refractivity contribution in [3.8, 4) is 0 Å². The zero-order valence-electron chi connectivity index (χ0n) is 9.98. The molecule has 92 valence electrons. The smallest absolute Gasteiger partial charge is 0.169 e. The molecule has 2 aromatic rings. The normalized spacial score (nSPS) is 12.9. The van der Waals surface area contributed by atoms with Gasteiger partial charge in [0.2, 0.25) is 0 Å². The summed E-state index contributed by atoms with van der Waals surface area (Å²) in [6.45, 7) is 0. The van der Waals surface area contributed by atoms with Crippen molar-refractivity contribution >= 4 is 15.9 Å². The summed E-state index contributed by atoms with van der Waals surface area (Å²) in [6, 6.07) is 6.19. The van der Waals surface area contributed by atoms with E-state index in [2.05, 4.69) is 26.3 Å². The molecule has 17 heavy (non-hydrogen) atoms. The van der Waals surface area contributed by atoms with E-state index in [0.29, 0.717) is 0 Å². The minimum atomic E-state index is 0.233. The summed E-state index contributed by atoms with van der Waals surface area (Å²) in [5, 5.41) is 7.43. The van der Waals surface area contributed by atoms with E-state index in [9.17, 15) is 0 Å². The first-order valence-electron chi connectivity index (χ1n) is 5.60. The number of rotatable bonds is 5. The van der Waals surface area contributed by atoms with E-state index in [-0.39, 0.29) is 6.04 Å². The second-order valence-electron chi connectivity index (χ2n) is 3.97. The van der Waals surface area contributed by atoms with Gasteiger partial charge in [0.05, 0.1) is 6.04 Å². The van der Waals surface area contributed by atoms with E-state index >= 15 is 0 Å². The second-order valence-corrected chi connectivity index (χ2v) is 4.75. The summed E-state index contributed by atoms with van der Waals surface area (Å²) < 4.78 is 8.25. The van der Waals surface area contributed by atoms with Crippen LogP contribution in [0.3, 0.4) is 0 Å². The number of aryl methyl sites for hydroxylation is 2. The molecule has 0 radical (unpaired) electrons. The van der Waals surface area contributed by atoms with Crippen LogP contribution >= 0.6 is 15.9 Å². The van der Waals surface area contributed by atoms with Crippen LogP contribution in [-0.2, 0) is 13.5 Å². The van der Waals surface area contributed by atoms with E-state index in [1.54, 1.807) is 0 Å². The first kappa shape index (κ1) is 12.4. The molecule has 0 fully saturated rings. The standard InChI is InChI=1S/C12H16BrN3O/c1-14-10(11-5-6-12(13)17-11)4-3-9-7-8-15-16(9)2/h5-8,10,14H,3-4H2,1-2H3. The van der Waals surface area contributed by atoms with E-state index < -0.39 is 0 Å². The average Bonchev–Trinajstić information content (AvgIpc) is 2.90. The lowest BCUT2D eigenvalue weighted by molar-refractivity contribution is 0.401. The van der Waals surface area contributed by atoms with Gasteiger partial charge in [-0.15, -0.1) is 0 Å². The molecule has 1 unspecified atom stereocenters. The van der Waals surface area contributed by atoms with Gasteiger partial charge in [-0.3, -0.25) is 4.68 Å². The fourth-order valence-electron chi connectivity index (χ4n) is 1.88. The van der Waals surface area contributed by atoms with Crippen molar-refractivity contribution in [2.75, 3.05) is 7.05 Å². The number of hydrogen-bond acceptors (Lipinski definition) is 3. The molecule has 1 N–H and O–H groups in total. The number of furan rings is 1. The van der Waals surface area contributed by atoms with Gasteiger partial charge in [-0.1, -0.05) is 0 Å². The maximum Gasteiger partial charge on any atom is 0.169 e. The summed E-state index contributed by atoms with van der Waals surface area (Å²) in [6.07, 6.45) is 3.78. The van der Waals surface area contributed by atoms with Crippen molar-refractivity contribution in [1.29, 1.82) is 0 Å². The van der Waals surface area contributed by atoms with Crippen LogP contribution in [0.5, 0.6) is 0 Å². The summed E-state index contributed by atoms with van der Waals surface area (Å²) in [4.78, 5) is 0. The van der Waals surface area contributed by atoms with Crippen LogP contribution < -0.4 is 5.32 Å². The molecule has 0 aliphatic heterocycles. The molecule has 0 saturated heterocycles. The van der Waals surface area contributed by atoms with Crippen LogP contribution in [0.2, 0.25) is 0 Å². The van der Waals surface area contributed by atoms with Gasteiger partial charge in [0, 0.05) is 18.9 Å². The number of nitrogens with one attached hydrogen (secondary N) is 1. The topological polar surface area (TPSA) is 43.0 Å². The third-order valence-corrected chi connectivity index (χ3v) is 3.32. The Morgan fingerprint density at radius 1 is 1.47 bits per heavy atom. The van der Waals surface area contributed by atoms with Gasteiger partial charge < -0.3 is 9.73 Å². The molecule has 5 heteroatoms. The van der Waals surface area contributed by atoms with Crippen LogP contribution in [0.15, 0.2) is 33.5 Å². The molecular formula is C12H16BrN3O. The summed E-state index contributed by atoms with van der Waals surface area (Å²) in [5.74, 6) is 0.960. The molecule has 4 nitrogen and oxygen atoms in total. The lowest BCUT2D eigenvalue weighted by Crippen LogP contribution is -2.17. The Hall–Kier alpha value is -1.07. The van der Waals surface area contributed by atoms with E-state index in [0.717, 1.165) is 23.3 Å². The molecule has 0 aliphatic rings. The predicted octanol–water partition coefficient (Wildman–Crippen LogP) is 2.67. The third kappa shape index (κ3) is 2.98. The highest BCUT2D eigenvalue weighted by Crippen LogP contribution is 2.23. The second kappa shape index (κ2) is 5.51. The van der Waals surface area contributed by atoms with E-state index in [1.165, 1.54) is 5.69 Å². The molecule has 0 bridgehead atoms. The highest BCUT2D eigenvalue weighted by Gasteiger charge is 2.14. The Kier molecular flexibility index (Phi) is 4.02. The Balaban J connectivity index is 1.99. The quantitative estimate of drug-likeness (QED) is 0.923. The Morgan fingerprint density at radius 3 is 2.82 bits per heavy atom. The molecule has 2 heterocycles. The number of hydrogen-bond donors (Lipinski definition) is 1. The predicted molar refractivity (Wildman–Crippen MR) is 69.7 cm³/mol. The third-order valence-electron chi connectivity index (χ3n) is 2.90. The highest BCUT2D eigenvalue weighted by atomic mass is 79.9. The maximum absolute atomic E-state index is 5.57. The molecule has 0 saturated carbocycles. The van der Waals surface area contributed by atoms with Gasteiger partial charge in [0.1, 0.15) is 5.76 Å². The molecular weight excluding hydrogens is 282 g/mol. The molecule has 0 amide bonds. The minimum Gasteiger partial charge on any atom is -0.453 e. The number of aromatic nitrogens is 2. The molecule has 0 spiro atoms. The van der Waals surface area contributed by atoms with Crippen molar-refractivity contribution in [3.63, 3.8) is 0 Å². The van der Waals surface area contributed by atoms with Gasteiger partial charge >= 0.3 is 0 Å². The maximum atomic E-state index is 5.57. The zero-order chi connectivity index (χ0) is 12.3. The highest BCUT2D eigenvalue weighted by molar-refractivity contribution is 9.10. The van der Waals surface area contributed by atoms with Crippen molar-refractivity contribution in [3.05, 3.63) is 40.5 Å².